The third-order valence-corrected chi connectivity index (χ3v) is 7.59. The number of hydrogen-bond donors (Lipinski definition) is 0. The Hall–Kier alpha value is -2.19. The minimum Gasteiger partial charge on any atom is -0.356 e. The number of carbonyl (C=O) groups excluding carboxylic acids is 1. The van der Waals surface area contributed by atoms with Crippen molar-refractivity contribution in [2.75, 3.05) is 18.0 Å². The van der Waals surface area contributed by atoms with E-state index in [4.69, 9.17) is 17.2 Å². The van der Waals surface area contributed by atoms with E-state index >= 15 is 0 Å². The number of thiocarbonyl (C=S) groups is 1. The van der Waals surface area contributed by atoms with Gasteiger partial charge in [-0.1, -0.05) is 42.9 Å². The number of aromatic nitrogens is 2. The summed E-state index contributed by atoms with van der Waals surface area (Å²) in [5, 5.41) is 0. The maximum Gasteiger partial charge on any atom is 0.267 e. The molecule has 1 amide bonds. The Morgan fingerprint density at radius 1 is 1.17 bits per heavy atom. The van der Waals surface area contributed by atoms with E-state index in [0.717, 1.165) is 57.2 Å². The van der Waals surface area contributed by atoms with Crippen LogP contribution in [0, 0.1) is 6.92 Å². The molecule has 156 valence electrons. The number of amides is 1. The summed E-state index contributed by atoms with van der Waals surface area (Å²) in [5.74, 6) is 0.607. The Kier molecular flexibility index (Phi) is 5.14. The quantitative estimate of drug-likeness (QED) is 0.535. The molecule has 0 bridgehead atoms. The van der Waals surface area contributed by atoms with Gasteiger partial charge in [-0.25, -0.2) is 4.98 Å². The van der Waals surface area contributed by atoms with Crippen molar-refractivity contribution in [3.63, 3.8) is 0 Å². The van der Waals surface area contributed by atoms with E-state index in [0.29, 0.717) is 26.3 Å². The van der Waals surface area contributed by atoms with Gasteiger partial charge in [0.2, 0.25) is 0 Å². The second-order valence-corrected chi connectivity index (χ2v) is 9.90. The lowest BCUT2D eigenvalue weighted by Gasteiger charge is -2.22. The van der Waals surface area contributed by atoms with Gasteiger partial charge in [0.05, 0.1) is 10.5 Å². The zero-order chi connectivity index (χ0) is 20.8. The molecule has 2 saturated heterocycles. The van der Waals surface area contributed by atoms with Crippen molar-refractivity contribution in [2.24, 2.45) is 0 Å². The molecule has 6 nitrogen and oxygen atoms in total. The largest absolute Gasteiger partial charge is 0.356 e. The Labute approximate surface area is 185 Å². The highest BCUT2D eigenvalue weighted by molar-refractivity contribution is 8.26. The van der Waals surface area contributed by atoms with Crippen LogP contribution >= 0.6 is 24.0 Å². The van der Waals surface area contributed by atoms with Crippen LogP contribution in [0.2, 0.25) is 0 Å². The van der Waals surface area contributed by atoms with Crippen molar-refractivity contribution < 1.29 is 4.79 Å². The predicted molar refractivity (Wildman–Crippen MR) is 125 cm³/mol. The molecule has 8 heteroatoms. The van der Waals surface area contributed by atoms with Crippen LogP contribution in [-0.2, 0) is 4.79 Å². The van der Waals surface area contributed by atoms with E-state index in [1.807, 2.05) is 19.1 Å². The van der Waals surface area contributed by atoms with Crippen molar-refractivity contribution in [1.29, 1.82) is 0 Å². The maximum absolute atomic E-state index is 13.5. The van der Waals surface area contributed by atoms with Gasteiger partial charge in [-0.05, 0) is 50.3 Å². The summed E-state index contributed by atoms with van der Waals surface area (Å²) in [6, 6.07) is 4.01. The van der Waals surface area contributed by atoms with Gasteiger partial charge in [0.1, 0.15) is 15.8 Å². The van der Waals surface area contributed by atoms with Gasteiger partial charge < -0.3 is 4.90 Å². The fourth-order valence-corrected chi connectivity index (χ4v) is 6.07. The van der Waals surface area contributed by atoms with E-state index < -0.39 is 0 Å². The standard InChI is InChI=1S/C22H24N4O2S2/c1-14-7-6-12-25-18(14)23-19(24-10-4-5-11-24)16(20(25)27)13-17-21(28)26(22(29)30-17)15-8-2-3-9-15/h6-7,12-13,15H,2-5,8-11H2,1H3/b17-13+. The number of aryl methyl sites for hydroxylation is 1. The van der Waals surface area contributed by atoms with Crippen LogP contribution in [0.25, 0.3) is 11.7 Å². The van der Waals surface area contributed by atoms with Crippen molar-refractivity contribution >= 4 is 51.7 Å². The highest BCUT2D eigenvalue weighted by Gasteiger charge is 2.38. The molecule has 1 aliphatic carbocycles. The van der Waals surface area contributed by atoms with Crippen LogP contribution in [0.4, 0.5) is 5.82 Å². The van der Waals surface area contributed by atoms with Crippen molar-refractivity contribution in [3.05, 3.63) is 44.7 Å². The third-order valence-electron chi connectivity index (χ3n) is 6.26. The predicted octanol–water partition coefficient (Wildman–Crippen LogP) is 3.75. The van der Waals surface area contributed by atoms with Crippen LogP contribution in [0.1, 0.15) is 49.7 Å². The maximum atomic E-state index is 13.5. The zero-order valence-electron chi connectivity index (χ0n) is 17.0. The summed E-state index contributed by atoms with van der Waals surface area (Å²) in [5.41, 5.74) is 1.96. The molecule has 5 rings (SSSR count). The van der Waals surface area contributed by atoms with Crippen molar-refractivity contribution in [2.45, 2.75) is 51.5 Å². The lowest BCUT2D eigenvalue weighted by atomic mass is 10.2. The Balaban J connectivity index is 1.64. The summed E-state index contributed by atoms with van der Waals surface area (Å²) >= 11 is 6.84. The molecule has 1 saturated carbocycles. The smallest absolute Gasteiger partial charge is 0.267 e. The Morgan fingerprint density at radius 3 is 2.63 bits per heavy atom. The fourth-order valence-electron chi connectivity index (χ4n) is 4.68. The molecular weight excluding hydrogens is 416 g/mol. The van der Waals surface area contributed by atoms with Gasteiger partial charge >= 0.3 is 0 Å². The fraction of sp³-hybridized carbons (Fsp3) is 0.455. The lowest BCUT2D eigenvalue weighted by molar-refractivity contribution is -0.123. The lowest BCUT2D eigenvalue weighted by Crippen LogP contribution is -2.36. The van der Waals surface area contributed by atoms with Crippen LogP contribution in [0.5, 0.6) is 0 Å². The highest BCUT2D eigenvalue weighted by atomic mass is 32.2. The molecule has 30 heavy (non-hydrogen) atoms. The molecule has 2 aromatic heterocycles. The minimum atomic E-state index is -0.142. The number of carbonyl (C=O) groups is 1. The molecule has 0 radical (unpaired) electrons. The summed E-state index contributed by atoms with van der Waals surface area (Å²) in [4.78, 5) is 36.0. The summed E-state index contributed by atoms with van der Waals surface area (Å²) in [6.45, 7) is 3.71. The van der Waals surface area contributed by atoms with Crippen LogP contribution in [-0.4, -0.2) is 43.6 Å². The van der Waals surface area contributed by atoms with E-state index in [-0.39, 0.29) is 17.5 Å². The van der Waals surface area contributed by atoms with E-state index in [1.165, 1.54) is 11.8 Å². The van der Waals surface area contributed by atoms with E-state index in [9.17, 15) is 9.59 Å². The summed E-state index contributed by atoms with van der Waals surface area (Å²) < 4.78 is 2.18. The number of nitrogens with zero attached hydrogens (tertiary/aromatic N) is 4. The second-order valence-electron chi connectivity index (χ2n) is 8.22. The molecule has 0 unspecified atom stereocenters. The zero-order valence-corrected chi connectivity index (χ0v) is 18.6. The SMILES string of the molecule is Cc1cccn2c(=O)c(/C=C3/SC(=S)N(C4CCCC4)C3=O)c(N3CCCC3)nc12. The molecule has 4 heterocycles. The van der Waals surface area contributed by atoms with Crippen LogP contribution < -0.4 is 10.5 Å². The number of pyridine rings is 1. The van der Waals surface area contributed by atoms with Gasteiger partial charge in [-0.2, -0.15) is 0 Å². The molecule has 0 spiro atoms. The number of hydrogen-bond acceptors (Lipinski definition) is 6. The van der Waals surface area contributed by atoms with E-state index in [1.54, 1.807) is 21.6 Å². The van der Waals surface area contributed by atoms with Gasteiger partial charge in [0, 0.05) is 25.3 Å². The van der Waals surface area contributed by atoms with Crippen molar-refractivity contribution in [1.82, 2.24) is 14.3 Å². The molecule has 0 atom stereocenters. The van der Waals surface area contributed by atoms with Gasteiger partial charge in [-0.3, -0.25) is 18.9 Å². The number of thioether (sulfide) groups is 1. The summed E-state index contributed by atoms with van der Waals surface area (Å²) in [6.07, 6.45) is 9.90. The third kappa shape index (κ3) is 3.26. The van der Waals surface area contributed by atoms with Gasteiger partial charge in [0.15, 0.2) is 0 Å². The normalized spacial score (nSPS) is 21.7. The molecule has 0 N–H and O–H groups in total. The topological polar surface area (TPSA) is 57.9 Å². The van der Waals surface area contributed by atoms with Gasteiger partial charge in [-0.15, -0.1) is 0 Å². The molecular formula is C22H24N4O2S2. The Bertz CT molecular complexity index is 1130. The number of rotatable bonds is 3. The molecule has 0 aromatic carbocycles. The van der Waals surface area contributed by atoms with Gasteiger partial charge in [0.25, 0.3) is 11.5 Å². The first kappa shape index (κ1) is 19.8. The first-order chi connectivity index (χ1) is 14.5. The summed E-state index contributed by atoms with van der Waals surface area (Å²) in [7, 11) is 0. The average Bonchev–Trinajstić information content (AvgIpc) is 3.47. The van der Waals surface area contributed by atoms with Crippen LogP contribution in [0.15, 0.2) is 28.0 Å². The number of fused-ring (bicyclic) bond motifs is 1. The highest BCUT2D eigenvalue weighted by Crippen LogP contribution is 2.38. The van der Waals surface area contributed by atoms with Crippen molar-refractivity contribution in [3.8, 4) is 0 Å². The van der Waals surface area contributed by atoms with Crippen LogP contribution in [0.3, 0.4) is 0 Å². The molecule has 3 fully saturated rings. The second kappa shape index (κ2) is 7.81. The van der Waals surface area contributed by atoms with E-state index in [2.05, 4.69) is 4.90 Å². The first-order valence-electron chi connectivity index (χ1n) is 10.6. The monoisotopic (exact) mass is 440 g/mol. The molecule has 2 aliphatic heterocycles. The molecule has 3 aliphatic rings. The molecule has 2 aromatic rings. The number of anilines is 1. The average molecular weight is 441 g/mol. The Morgan fingerprint density at radius 2 is 1.90 bits per heavy atom. The minimum absolute atomic E-state index is 0.0713. The first-order valence-corrected chi connectivity index (χ1v) is 11.8.